The first-order valence-electron chi connectivity index (χ1n) is 5.24. The smallest absolute Gasteiger partial charge is 0.0542 e. The van der Waals surface area contributed by atoms with E-state index in [9.17, 15) is 0 Å². The first-order valence-corrected chi connectivity index (χ1v) is 5.24. The largest absolute Gasteiger partial charge is 0.382 e. The van der Waals surface area contributed by atoms with Crippen LogP contribution in [0.25, 0.3) is 0 Å². The Kier molecular flexibility index (Phi) is 2.46. The number of rotatable bonds is 2. The number of nitrogens with one attached hydrogen (secondary N) is 1. The molecule has 2 heteroatoms. The van der Waals surface area contributed by atoms with E-state index in [0.29, 0.717) is 12.0 Å². The molecule has 0 spiro atoms. The first kappa shape index (κ1) is 9.53. The van der Waals surface area contributed by atoms with Crippen LogP contribution >= 0.6 is 0 Å². The topological polar surface area (TPSA) is 38.0 Å². The van der Waals surface area contributed by atoms with E-state index < -0.39 is 0 Å². The summed E-state index contributed by atoms with van der Waals surface area (Å²) in [6, 6.07) is 0.730. The van der Waals surface area contributed by atoms with Crippen molar-refractivity contribution in [3.63, 3.8) is 0 Å². The van der Waals surface area contributed by atoms with Crippen LogP contribution in [0.4, 0.5) is 0 Å². The Morgan fingerprint density at radius 2 is 2.29 bits per heavy atom. The van der Waals surface area contributed by atoms with Gasteiger partial charge < -0.3 is 11.1 Å². The summed E-state index contributed by atoms with van der Waals surface area (Å²) in [5.41, 5.74) is 8.43. The number of allylic oxidation sites excluding steroid dienone is 2. The Labute approximate surface area is 85.6 Å². The molecule has 1 aliphatic heterocycles. The number of hydrogen-bond acceptors (Lipinski definition) is 2. The Hall–Kier alpha value is -1.02. The molecule has 0 saturated heterocycles. The van der Waals surface area contributed by atoms with E-state index in [2.05, 4.69) is 43.5 Å². The van der Waals surface area contributed by atoms with E-state index in [0.717, 1.165) is 6.42 Å². The average Bonchev–Trinajstić information content (AvgIpc) is 2.42. The van der Waals surface area contributed by atoms with Crippen LogP contribution in [-0.2, 0) is 0 Å². The minimum Gasteiger partial charge on any atom is -0.382 e. The van der Waals surface area contributed by atoms with Gasteiger partial charge in [0.1, 0.15) is 0 Å². The fourth-order valence-electron chi connectivity index (χ4n) is 2.17. The molecule has 0 aromatic rings. The quantitative estimate of drug-likeness (QED) is 0.695. The summed E-state index contributed by atoms with van der Waals surface area (Å²) in [4.78, 5) is 0. The lowest BCUT2D eigenvalue weighted by atomic mass is 9.91. The highest BCUT2D eigenvalue weighted by Crippen LogP contribution is 2.26. The maximum Gasteiger partial charge on any atom is 0.0542 e. The van der Waals surface area contributed by atoms with Gasteiger partial charge in [0.25, 0.3) is 0 Å². The summed E-state index contributed by atoms with van der Waals surface area (Å²) in [6.45, 7) is 4.17. The van der Waals surface area contributed by atoms with Crippen molar-refractivity contribution in [2.45, 2.75) is 32.4 Å². The highest BCUT2D eigenvalue weighted by Gasteiger charge is 2.23. The molecule has 0 bridgehead atoms. The zero-order valence-electron chi connectivity index (χ0n) is 8.83. The van der Waals surface area contributed by atoms with Crippen molar-refractivity contribution in [3.8, 4) is 0 Å². The van der Waals surface area contributed by atoms with Gasteiger partial charge in [0.15, 0.2) is 0 Å². The summed E-state index contributed by atoms with van der Waals surface area (Å²) in [5.74, 6) is 0.536. The summed E-state index contributed by atoms with van der Waals surface area (Å²) < 4.78 is 0. The molecule has 3 atom stereocenters. The molecule has 0 saturated carbocycles. The lowest BCUT2D eigenvalue weighted by molar-refractivity contribution is 0.624. The van der Waals surface area contributed by atoms with Crippen LogP contribution in [0.5, 0.6) is 0 Å². The Balaban J connectivity index is 2.09. The highest BCUT2D eigenvalue weighted by atomic mass is 14.9. The molecule has 2 aliphatic rings. The molecule has 0 amide bonds. The first-order chi connectivity index (χ1) is 6.65. The summed E-state index contributed by atoms with van der Waals surface area (Å²) in [7, 11) is 0. The number of nitrogens with two attached hydrogens (primary N) is 1. The lowest BCUT2D eigenvalue weighted by Gasteiger charge is -2.20. The van der Waals surface area contributed by atoms with Crippen LogP contribution in [-0.4, -0.2) is 12.1 Å². The van der Waals surface area contributed by atoms with Crippen molar-refractivity contribution in [1.29, 1.82) is 0 Å². The van der Waals surface area contributed by atoms with E-state index in [1.807, 2.05) is 0 Å². The van der Waals surface area contributed by atoms with Gasteiger partial charge in [-0.2, -0.15) is 0 Å². The standard InChI is InChI=1S/C12H18N2/c1-8(13)5-10-3-4-12-11(7-10)6-9(2)14-12/h3-4,6-8,11-12,14H,5,13H2,1-2H3. The second kappa shape index (κ2) is 3.62. The van der Waals surface area contributed by atoms with Crippen molar-refractivity contribution in [2.75, 3.05) is 0 Å². The second-order valence-corrected chi connectivity index (χ2v) is 4.38. The van der Waals surface area contributed by atoms with Crippen LogP contribution in [0.1, 0.15) is 20.3 Å². The van der Waals surface area contributed by atoms with Crippen molar-refractivity contribution < 1.29 is 0 Å². The monoisotopic (exact) mass is 190 g/mol. The summed E-state index contributed by atoms with van der Waals surface area (Å²) in [6.07, 6.45) is 10.0. The van der Waals surface area contributed by atoms with Gasteiger partial charge >= 0.3 is 0 Å². The van der Waals surface area contributed by atoms with Gasteiger partial charge in [0.05, 0.1) is 6.04 Å². The fourth-order valence-corrected chi connectivity index (χ4v) is 2.17. The molecule has 0 radical (unpaired) electrons. The molecular weight excluding hydrogens is 172 g/mol. The van der Waals surface area contributed by atoms with Crippen LogP contribution in [0, 0.1) is 5.92 Å². The van der Waals surface area contributed by atoms with Gasteiger partial charge in [0.2, 0.25) is 0 Å². The van der Waals surface area contributed by atoms with E-state index in [-0.39, 0.29) is 6.04 Å². The van der Waals surface area contributed by atoms with Gasteiger partial charge in [-0.05, 0) is 20.3 Å². The van der Waals surface area contributed by atoms with E-state index in [4.69, 9.17) is 5.73 Å². The maximum atomic E-state index is 5.78. The molecular formula is C12H18N2. The van der Waals surface area contributed by atoms with E-state index in [1.54, 1.807) is 0 Å². The van der Waals surface area contributed by atoms with Crippen LogP contribution in [0.3, 0.4) is 0 Å². The molecule has 76 valence electrons. The third kappa shape index (κ3) is 1.90. The molecule has 3 unspecified atom stereocenters. The summed E-state index contributed by atoms with van der Waals surface area (Å²) in [5, 5.41) is 3.43. The molecule has 0 aromatic heterocycles. The van der Waals surface area contributed by atoms with Crippen molar-refractivity contribution in [3.05, 3.63) is 35.6 Å². The zero-order valence-corrected chi connectivity index (χ0v) is 8.83. The van der Waals surface area contributed by atoms with Crippen molar-refractivity contribution in [2.24, 2.45) is 11.7 Å². The predicted molar refractivity (Wildman–Crippen MR) is 59.7 cm³/mol. The van der Waals surface area contributed by atoms with Gasteiger partial charge in [-0.15, -0.1) is 0 Å². The molecule has 2 nitrogen and oxygen atoms in total. The predicted octanol–water partition coefficient (Wildman–Crippen LogP) is 1.71. The third-order valence-corrected chi connectivity index (χ3v) is 2.73. The Bertz CT molecular complexity index is 310. The van der Waals surface area contributed by atoms with Crippen molar-refractivity contribution >= 4 is 0 Å². The lowest BCUT2D eigenvalue weighted by Crippen LogP contribution is -2.27. The molecule has 0 aromatic carbocycles. The van der Waals surface area contributed by atoms with Crippen LogP contribution in [0.15, 0.2) is 35.6 Å². The van der Waals surface area contributed by atoms with E-state index >= 15 is 0 Å². The minimum absolute atomic E-state index is 0.252. The average molecular weight is 190 g/mol. The molecule has 3 N–H and O–H groups in total. The molecule has 14 heavy (non-hydrogen) atoms. The van der Waals surface area contributed by atoms with Gasteiger partial charge in [-0.3, -0.25) is 0 Å². The molecule has 2 rings (SSSR count). The number of hydrogen-bond donors (Lipinski definition) is 2. The van der Waals surface area contributed by atoms with Gasteiger partial charge in [-0.25, -0.2) is 0 Å². The zero-order chi connectivity index (χ0) is 10.1. The fraction of sp³-hybridized carbons (Fsp3) is 0.500. The minimum atomic E-state index is 0.252. The molecule has 1 heterocycles. The van der Waals surface area contributed by atoms with Gasteiger partial charge in [-0.1, -0.05) is 29.9 Å². The number of fused-ring (bicyclic) bond motifs is 1. The summed E-state index contributed by atoms with van der Waals surface area (Å²) >= 11 is 0. The second-order valence-electron chi connectivity index (χ2n) is 4.38. The molecule has 1 aliphatic carbocycles. The third-order valence-electron chi connectivity index (χ3n) is 2.73. The highest BCUT2D eigenvalue weighted by molar-refractivity contribution is 5.34. The van der Waals surface area contributed by atoms with E-state index in [1.165, 1.54) is 11.3 Å². The maximum absolute atomic E-state index is 5.78. The molecule has 0 fully saturated rings. The Morgan fingerprint density at radius 1 is 1.50 bits per heavy atom. The SMILES string of the molecule is CC1=CC2C=C(CC(C)N)C=CC2N1. The van der Waals surface area contributed by atoms with Crippen molar-refractivity contribution in [1.82, 2.24) is 5.32 Å². The van der Waals surface area contributed by atoms with Crippen LogP contribution < -0.4 is 11.1 Å². The van der Waals surface area contributed by atoms with Crippen LogP contribution in [0.2, 0.25) is 0 Å². The van der Waals surface area contributed by atoms with Gasteiger partial charge in [0, 0.05) is 17.7 Å². The Morgan fingerprint density at radius 3 is 3.00 bits per heavy atom. The normalized spacial score (nSPS) is 31.6.